The van der Waals surface area contributed by atoms with Crippen LogP contribution in [0.25, 0.3) is 0 Å². The molecule has 0 spiro atoms. The van der Waals surface area contributed by atoms with E-state index in [2.05, 4.69) is 37.9 Å². The SMILES string of the molecule is CCC1CNC(C2CC2)CN1C(C)(CC)CC. The van der Waals surface area contributed by atoms with Gasteiger partial charge in [-0.25, -0.2) is 0 Å². The van der Waals surface area contributed by atoms with Crippen LogP contribution in [0.2, 0.25) is 0 Å². The second-order valence-corrected chi connectivity index (χ2v) is 6.27. The van der Waals surface area contributed by atoms with E-state index >= 15 is 0 Å². The average molecular weight is 238 g/mol. The topological polar surface area (TPSA) is 15.3 Å². The van der Waals surface area contributed by atoms with Crippen molar-refractivity contribution in [2.75, 3.05) is 13.1 Å². The Morgan fingerprint density at radius 2 is 1.82 bits per heavy atom. The lowest BCUT2D eigenvalue weighted by Gasteiger charge is -2.50. The number of nitrogens with one attached hydrogen (secondary N) is 1. The van der Waals surface area contributed by atoms with Gasteiger partial charge in [0, 0.05) is 30.7 Å². The van der Waals surface area contributed by atoms with E-state index in [0.29, 0.717) is 5.54 Å². The minimum absolute atomic E-state index is 0.413. The summed E-state index contributed by atoms with van der Waals surface area (Å²) in [5.41, 5.74) is 0.413. The van der Waals surface area contributed by atoms with Gasteiger partial charge in [-0.2, -0.15) is 0 Å². The average Bonchev–Trinajstić information content (AvgIpc) is 3.21. The van der Waals surface area contributed by atoms with Crippen LogP contribution in [0.4, 0.5) is 0 Å². The molecular formula is C15H30N2. The van der Waals surface area contributed by atoms with Gasteiger partial charge in [-0.05, 0) is 44.9 Å². The molecule has 0 amide bonds. The van der Waals surface area contributed by atoms with Gasteiger partial charge >= 0.3 is 0 Å². The molecule has 1 aliphatic carbocycles. The first kappa shape index (κ1) is 13.4. The van der Waals surface area contributed by atoms with Crippen molar-refractivity contribution in [3.05, 3.63) is 0 Å². The van der Waals surface area contributed by atoms with Gasteiger partial charge < -0.3 is 5.32 Å². The third-order valence-electron chi connectivity index (χ3n) is 5.33. The summed E-state index contributed by atoms with van der Waals surface area (Å²) in [5, 5.41) is 3.79. The lowest BCUT2D eigenvalue weighted by molar-refractivity contribution is 0.00917. The lowest BCUT2D eigenvalue weighted by Crippen LogP contribution is -2.63. The van der Waals surface area contributed by atoms with Crippen molar-refractivity contribution < 1.29 is 0 Å². The van der Waals surface area contributed by atoms with Crippen LogP contribution in [0.15, 0.2) is 0 Å². The van der Waals surface area contributed by atoms with Crippen LogP contribution in [0.1, 0.15) is 59.8 Å². The second-order valence-electron chi connectivity index (χ2n) is 6.27. The maximum Gasteiger partial charge on any atom is 0.0224 e. The van der Waals surface area contributed by atoms with E-state index in [9.17, 15) is 0 Å². The molecule has 2 fully saturated rings. The molecule has 1 saturated heterocycles. The third kappa shape index (κ3) is 2.68. The molecule has 0 bridgehead atoms. The highest BCUT2D eigenvalue weighted by molar-refractivity contribution is 4.99. The molecule has 2 nitrogen and oxygen atoms in total. The molecule has 0 aromatic carbocycles. The zero-order chi connectivity index (χ0) is 12.5. The highest BCUT2D eigenvalue weighted by Crippen LogP contribution is 2.37. The van der Waals surface area contributed by atoms with Crippen molar-refractivity contribution in [2.45, 2.75) is 77.4 Å². The largest absolute Gasteiger partial charge is 0.311 e. The molecule has 2 unspecified atom stereocenters. The Kier molecular flexibility index (Phi) is 4.14. The fourth-order valence-electron chi connectivity index (χ4n) is 3.32. The molecular weight excluding hydrogens is 208 g/mol. The molecule has 100 valence electrons. The molecule has 1 heterocycles. The molecule has 1 saturated carbocycles. The molecule has 2 rings (SSSR count). The predicted molar refractivity (Wildman–Crippen MR) is 74.3 cm³/mol. The van der Waals surface area contributed by atoms with Gasteiger partial charge in [0.2, 0.25) is 0 Å². The van der Waals surface area contributed by atoms with Crippen molar-refractivity contribution in [1.29, 1.82) is 0 Å². The minimum atomic E-state index is 0.413. The number of hydrogen-bond acceptors (Lipinski definition) is 2. The first-order valence-corrected chi connectivity index (χ1v) is 7.64. The molecule has 2 atom stereocenters. The molecule has 0 aromatic rings. The van der Waals surface area contributed by atoms with E-state index in [4.69, 9.17) is 0 Å². The summed E-state index contributed by atoms with van der Waals surface area (Å²) >= 11 is 0. The number of nitrogens with zero attached hydrogens (tertiary/aromatic N) is 1. The summed E-state index contributed by atoms with van der Waals surface area (Å²) in [6.07, 6.45) is 6.74. The molecule has 17 heavy (non-hydrogen) atoms. The van der Waals surface area contributed by atoms with Crippen LogP contribution >= 0.6 is 0 Å². The van der Waals surface area contributed by atoms with E-state index in [1.807, 2.05) is 0 Å². The Balaban J connectivity index is 2.07. The minimum Gasteiger partial charge on any atom is -0.311 e. The van der Waals surface area contributed by atoms with Crippen molar-refractivity contribution in [1.82, 2.24) is 10.2 Å². The number of rotatable bonds is 5. The molecule has 0 radical (unpaired) electrons. The lowest BCUT2D eigenvalue weighted by atomic mass is 9.88. The van der Waals surface area contributed by atoms with Gasteiger partial charge in [-0.3, -0.25) is 4.90 Å². The Morgan fingerprint density at radius 3 is 2.29 bits per heavy atom. The zero-order valence-electron chi connectivity index (χ0n) is 12.1. The standard InChI is InChI=1S/C15H30N2/c1-5-13-10-16-14(12-8-9-12)11-17(13)15(4,6-2)7-3/h12-14,16H,5-11H2,1-4H3. The van der Waals surface area contributed by atoms with Crippen molar-refractivity contribution >= 4 is 0 Å². The number of piperazine rings is 1. The van der Waals surface area contributed by atoms with Crippen LogP contribution in [-0.2, 0) is 0 Å². The van der Waals surface area contributed by atoms with E-state index < -0.39 is 0 Å². The molecule has 2 heteroatoms. The van der Waals surface area contributed by atoms with Crippen LogP contribution in [-0.4, -0.2) is 35.6 Å². The maximum atomic E-state index is 3.79. The zero-order valence-corrected chi connectivity index (χ0v) is 12.1. The first-order chi connectivity index (χ1) is 8.14. The molecule has 1 aliphatic heterocycles. The summed E-state index contributed by atoms with van der Waals surface area (Å²) in [4.78, 5) is 2.83. The van der Waals surface area contributed by atoms with Crippen LogP contribution in [0, 0.1) is 5.92 Å². The summed E-state index contributed by atoms with van der Waals surface area (Å²) in [5.74, 6) is 0.980. The van der Waals surface area contributed by atoms with Crippen molar-refractivity contribution in [3.8, 4) is 0 Å². The van der Waals surface area contributed by atoms with Gasteiger partial charge in [0.15, 0.2) is 0 Å². The van der Waals surface area contributed by atoms with Gasteiger partial charge in [-0.1, -0.05) is 20.8 Å². The van der Waals surface area contributed by atoms with Crippen molar-refractivity contribution in [3.63, 3.8) is 0 Å². The Morgan fingerprint density at radius 1 is 1.18 bits per heavy atom. The van der Waals surface area contributed by atoms with Crippen LogP contribution in [0.5, 0.6) is 0 Å². The van der Waals surface area contributed by atoms with E-state index in [1.54, 1.807) is 0 Å². The van der Waals surface area contributed by atoms with Gasteiger partial charge in [0.25, 0.3) is 0 Å². The summed E-state index contributed by atoms with van der Waals surface area (Å²) in [7, 11) is 0. The maximum absolute atomic E-state index is 3.79. The van der Waals surface area contributed by atoms with Crippen LogP contribution in [0.3, 0.4) is 0 Å². The highest BCUT2D eigenvalue weighted by atomic mass is 15.3. The summed E-state index contributed by atoms with van der Waals surface area (Å²) < 4.78 is 0. The summed E-state index contributed by atoms with van der Waals surface area (Å²) in [6, 6.07) is 1.52. The summed E-state index contributed by atoms with van der Waals surface area (Å²) in [6.45, 7) is 12.0. The Bertz CT molecular complexity index is 243. The van der Waals surface area contributed by atoms with E-state index in [1.165, 1.54) is 45.2 Å². The quantitative estimate of drug-likeness (QED) is 0.792. The molecule has 2 aliphatic rings. The van der Waals surface area contributed by atoms with E-state index in [-0.39, 0.29) is 0 Å². The van der Waals surface area contributed by atoms with Gasteiger partial charge in [-0.15, -0.1) is 0 Å². The van der Waals surface area contributed by atoms with Crippen LogP contribution < -0.4 is 5.32 Å². The smallest absolute Gasteiger partial charge is 0.0224 e. The fourth-order valence-corrected chi connectivity index (χ4v) is 3.32. The Labute approximate surface area is 107 Å². The second kappa shape index (κ2) is 5.27. The van der Waals surface area contributed by atoms with Crippen molar-refractivity contribution in [2.24, 2.45) is 5.92 Å². The van der Waals surface area contributed by atoms with Gasteiger partial charge in [0.1, 0.15) is 0 Å². The molecule has 0 aromatic heterocycles. The van der Waals surface area contributed by atoms with Gasteiger partial charge in [0.05, 0.1) is 0 Å². The van der Waals surface area contributed by atoms with E-state index in [0.717, 1.165) is 18.0 Å². The first-order valence-electron chi connectivity index (χ1n) is 7.64. The normalized spacial score (nSPS) is 31.8. The Hall–Kier alpha value is -0.0800. The monoisotopic (exact) mass is 238 g/mol. The predicted octanol–water partition coefficient (Wildman–Crippen LogP) is 3.03. The molecule has 1 N–H and O–H groups in total. The highest BCUT2D eigenvalue weighted by Gasteiger charge is 2.41. The number of hydrogen-bond donors (Lipinski definition) is 1. The fraction of sp³-hybridized carbons (Fsp3) is 1.00. The third-order valence-corrected chi connectivity index (χ3v) is 5.33.